The lowest BCUT2D eigenvalue weighted by atomic mass is 10.2. The van der Waals surface area contributed by atoms with E-state index in [0.29, 0.717) is 13.0 Å². The summed E-state index contributed by atoms with van der Waals surface area (Å²) in [6.07, 6.45) is -2.00. The topological polar surface area (TPSA) is 47.0 Å². The highest BCUT2D eigenvalue weighted by Gasteiger charge is 2.27. The fraction of sp³-hybridized carbons (Fsp3) is 0.636. The zero-order valence-corrected chi connectivity index (χ0v) is 10.3. The van der Waals surface area contributed by atoms with Crippen molar-refractivity contribution in [2.45, 2.75) is 32.7 Å². The predicted molar refractivity (Wildman–Crippen MR) is 59.9 cm³/mol. The molecule has 0 aliphatic rings. The molecule has 1 rings (SSSR count). The van der Waals surface area contributed by atoms with Crippen LogP contribution in [0.1, 0.15) is 24.0 Å². The molecule has 102 valence electrons. The minimum Gasteiger partial charge on any atom is -0.364 e. The van der Waals surface area contributed by atoms with E-state index in [9.17, 15) is 13.2 Å². The lowest BCUT2D eigenvalue weighted by Gasteiger charge is -2.10. The highest BCUT2D eigenvalue weighted by atomic mass is 19.4. The van der Waals surface area contributed by atoms with Gasteiger partial charge in [-0.2, -0.15) is 13.2 Å². The minimum absolute atomic E-state index is 0.230. The molecule has 18 heavy (non-hydrogen) atoms. The maximum atomic E-state index is 11.9. The molecule has 0 bridgehead atoms. The molecule has 1 N–H and O–H groups in total. The summed E-state index contributed by atoms with van der Waals surface area (Å²) in [5, 5.41) is 2.98. The SMILES string of the molecule is CCc1nc(COCC(F)(F)F)ncc1CNC. The number of alkyl halides is 3. The Balaban J connectivity index is 2.62. The molecular formula is C11H16F3N3O. The van der Waals surface area contributed by atoms with Crippen LogP contribution < -0.4 is 5.32 Å². The largest absolute Gasteiger partial charge is 0.411 e. The summed E-state index contributed by atoms with van der Waals surface area (Å²) in [5.41, 5.74) is 1.77. The molecule has 0 spiro atoms. The molecule has 0 atom stereocenters. The molecule has 0 amide bonds. The number of aromatic nitrogens is 2. The van der Waals surface area contributed by atoms with Gasteiger partial charge >= 0.3 is 6.18 Å². The van der Waals surface area contributed by atoms with Crippen LogP contribution in [0.2, 0.25) is 0 Å². The van der Waals surface area contributed by atoms with Crippen LogP contribution >= 0.6 is 0 Å². The van der Waals surface area contributed by atoms with E-state index in [1.165, 1.54) is 0 Å². The Labute approximate surface area is 104 Å². The van der Waals surface area contributed by atoms with Crippen molar-refractivity contribution in [2.24, 2.45) is 0 Å². The van der Waals surface area contributed by atoms with E-state index in [2.05, 4.69) is 20.0 Å². The first-order valence-electron chi connectivity index (χ1n) is 5.59. The van der Waals surface area contributed by atoms with Gasteiger partial charge in [-0.25, -0.2) is 9.97 Å². The van der Waals surface area contributed by atoms with E-state index in [0.717, 1.165) is 11.3 Å². The van der Waals surface area contributed by atoms with Gasteiger partial charge in [-0.05, 0) is 13.5 Å². The van der Waals surface area contributed by atoms with Crippen molar-refractivity contribution in [3.05, 3.63) is 23.3 Å². The quantitative estimate of drug-likeness (QED) is 0.850. The molecule has 0 aliphatic carbocycles. The fourth-order valence-corrected chi connectivity index (χ4v) is 1.46. The van der Waals surface area contributed by atoms with Gasteiger partial charge in [0.1, 0.15) is 13.2 Å². The van der Waals surface area contributed by atoms with Gasteiger partial charge in [-0.1, -0.05) is 6.92 Å². The molecule has 0 aliphatic heterocycles. The summed E-state index contributed by atoms with van der Waals surface area (Å²) in [7, 11) is 1.81. The van der Waals surface area contributed by atoms with E-state index in [1.54, 1.807) is 13.2 Å². The second kappa shape index (κ2) is 6.65. The van der Waals surface area contributed by atoms with Gasteiger partial charge < -0.3 is 10.1 Å². The van der Waals surface area contributed by atoms with Crippen molar-refractivity contribution < 1.29 is 17.9 Å². The molecule has 0 aromatic carbocycles. The zero-order chi connectivity index (χ0) is 13.6. The fourth-order valence-electron chi connectivity index (χ4n) is 1.46. The van der Waals surface area contributed by atoms with Crippen molar-refractivity contribution in [3.63, 3.8) is 0 Å². The maximum Gasteiger partial charge on any atom is 0.411 e. The average Bonchev–Trinajstić information content (AvgIpc) is 2.29. The van der Waals surface area contributed by atoms with Gasteiger partial charge in [0.2, 0.25) is 0 Å². The van der Waals surface area contributed by atoms with Crippen LogP contribution in [0.3, 0.4) is 0 Å². The number of hydrogen-bond acceptors (Lipinski definition) is 4. The normalized spacial score (nSPS) is 11.8. The Morgan fingerprint density at radius 2 is 2.11 bits per heavy atom. The number of rotatable bonds is 6. The molecule has 7 heteroatoms. The second-order valence-electron chi connectivity index (χ2n) is 3.75. The van der Waals surface area contributed by atoms with Crippen LogP contribution in [0.4, 0.5) is 13.2 Å². The summed E-state index contributed by atoms with van der Waals surface area (Å²) in [6, 6.07) is 0. The summed E-state index contributed by atoms with van der Waals surface area (Å²) < 4.78 is 40.2. The molecule has 4 nitrogen and oxygen atoms in total. The Morgan fingerprint density at radius 1 is 1.39 bits per heavy atom. The summed E-state index contributed by atoms with van der Waals surface area (Å²) in [4.78, 5) is 8.17. The Morgan fingerprint density at radius 3 is 2.67 bits per heavy atom. The molecule has 0 saturated heterocycles. The molecule has 1 aromatic rings. The maximum absolute atomic E-state index is 11.9. The standard InChI is InChI=1S/C11H16F3N3O/c1-3-9-8(4-15-2)5-16-10(17-9)6-18-7-11(12,13)14/h5,15H,3-4,6-7H2,1-2H3. The van der Waals surface area contributed by atoms with Crippen LogP contribution in [0.5, 0.6) is 0 Å². The lowest BCUT2D eigenvalue weighted by Crippen LogP contribution is -2.18. The third-order valence-corrected chi connectivity index (χ3v) is 2.20. The van der Waals surface area contributed by atoms with Gasteiger partial charge in [-0.15, -0.1) is 0 Å². The Hall–Kier alpha value is -1.21. The van der Waals surface area contributed by atoms with Gasteiger partial charge in [0, 0.05) is 24.0 Å². The van der Waals surface area contributed by atoms with Gasteiger partial charge in [-0.3, -0.25) is 0 Å². The molecule has 0 radical (unpaired) electrons. The molecule has 0 unspecified atom stereocenters. The van der Waals surface area contributed by atoms with Crippen molar-refractivity contribution in [2.75, 3.05) is 13.7 Å². The van der Waals surface area contributed by atoms with Crippen molar-refractivity contribution in [3.8, 4) is 0 Å². The number of ether oxygens (including phenoxy) is 1. The summed E-state index contributed by atoms with van der Waals surface area (Å²) in [5.74, 6) is 0.274. The number of nitrogens with one attached hydrogen (secondary N) is 1. The first-order chi connectivity index (χ1) is 8.46. The Kier molecular flexibility index (Phi) is 5.49. The van der Waals surface area contributed by atoms with Crippen molar-refractivity contribution >= 4 is 0 Å². The van der Waals surface area contributed by atoms with Crippen LogP contribution in [0.25, 0.3) is 0 Å². The third-order valence-electron chi connectivity index (χ3n) is 2.20. The molecule has 1 heterocycles. The Bertz CT molecular complexity index is 382. The molecule has 0 saturated carbocycles. The van der Waals surface area contributed by atoms with Crippen LogP contribution in [-0.4, -0.2) is 29.8 Å². The third kappa shape index (κ3) is 4.97. The van der Waals surface area contributed by atoms with Crippen molar-refractivity contribution in [1.82, 2.24) is 15.3 Å². The van der Waals surface area contributed by atoms with Gasteiger partial charge in [0.15, 0.2) is 5.82 Å². The highest BCUT2D eigenvalue weighted by Crippen LogP contribution is 2.15. The first kappa shape index (κ1) is 14.8. The minimum atomic E-state index is -4.32. The number of halogens is 3. The molecule has 1 aromatic heterocycles. The van der Waals surface area contributed by atoms with E-state index < -0.39 is 12.8 Å². The number of aryl methyl sites for hydroxylation is 1. The van der Waals surface area contributed by atoms with E-state index in [1.807, 2.05) is 6.92 Å². The van der Waals surface area contributed by atoms with Crippen LogP contribution in [-0.2, 0) is 24.3 Å². The highest BCUT2D eigenvalue weighted by molar-refractivity contribution is 5.17. The lowest BCUT2D eigenvalue weighted by molar-refractivity contribution is -0.177. The van der Waals surface area contributed by atoms with E-state index in [-0.39, 0.29) is 12.4 Å². The number of hydrogen-bond donors (Lipinski definition) is 1. The van der Waals surface area contributed by atoms with E-state index >= 15 is 0 Å². The predicted octanol–water partition coefficient (Wildman–Crippen LogP) is 1.84. The smallest absolute Gasteiger partial charge is 0.364 e. The van der Waals surface area contributed by atoms with Crippen molar-refractivity contribution in [1.29, 1.82) is 0 Å². The van der Waals surface area contributed by atoms with E-state index in [4.69, 9.17) is 0 Å². The van der Waals surface area contributed by atoms with Gasteiger partial charge in [0.05, 0.1) is 0 Å². The molecule has 0 fully saturated rings. The molecular weight excluding hydrogens is 247 g/mol. The summed E-state index contributed by atoms with van der Waals surface area (Å²) in [6.45, 7) is 1.05. The van der Waals surface area contributed by atoms with Gasteiger partial charge in [0.25, 0.3) is 0 Å². The first-order valence-corrected chi connectivity index (χ1v) is 5.59. The number of nitrogens with zero attached hydrogens (tertiary/aromatic N) is 2. The van der Waals surface area contributed by atoms with Crippen LogP contribution in [0.15, 0.2) is 6.20 Å². The summed E-state index contributed by atoms with van der Waals surface area (Å²) >= 11 is 0. The monoisotopic (exact) mass is 263 g/mol. The van der Waals surface area contributed by atoms with Crippen LogP contribution in [0, 0.1) is 0 Å². The zero-order valence-electron chi connectivity index (χ0n) is 10.3. The average molecular weight is 263 g/mol. The second-order valence-corrected chi connectivity index (χ2v) is 3.75.